The van der Waals surface area contributed by atoms with Crippen molar-refractivity contribution in [3.8, 4) is 5.75 Å². The van der Waals surface area contributed by atoms with E-state index in [4.69, 9.17) is 4.74 Å². The molecule has 0 radical (unpaired) electrons. The molecule has 0 aromatic heterocycles. The van der Waals surface area contributed by atoms with Gasteiger partial charge in [0.25, 0.3) is 11.8 Å². The molecule has 2 saturated carbocycles. The van der Waals surface area contributed by atoms with Crippen LogP contribution in [0.3, 0.4) is 0 Å². The summed E-state index contributed by atoms with van der Waals surface area (Å²) in [4.78, 5) is 26.3. The van der Waals surface area contributed by atoms with Crippen LogP contribution in [-0.4, -0.2) is 23.0 Å². The molecule has 1 heterocycles. The average molecular weight is 700 g/mol. The number of amides is 2. The first-order chi connectivity index (χ1) is 17.5. The van der Waals surface area contributed by atoms with Crippen LogP contribution in [-0.2, 0) is 16.2 Å². The number of hydrogen-bond acceptors (Lipinski definition) is 4. The number of imide groups is 1. The number of hydrazone groups is 1. The number of hydrogen-bond donors (Lipinski definition) is 0. The van der Waals surface area contributed by atoms with Gasteiger partial charge in [-0.2, -0.15) is 10.1 Å². The number of nitrogens with zero attached hydrogens (tertiary/aromatic N) is 2. The summed E-state index contributed by atoms with van der Waals surface area (Å²) in [5.41, 5.74) is 1.97. The minimum Gasteiger partial charge on any atom is -0.487 e. The molecule has 7 heteroatoms. The number of halogens is 2. The molecule has 0 unspecified atom stereocenters. The predicted molar refractivity (Wildman–Crippen MR) is 154 cm³/mol. The number of benzene rings is 3. The lowest BCUT2D eigenvalue weighted by atomic mass is 9.63. The fraction of sp³-hybridized carbons (Fsp3) is 0.276. The highest BCUT2D eigenvalue weighted by Gasteiger charge is 2.67. The highest BCUT2D eigenvalue weighted by Crippen LogP contribution is 2.65. The highest BCUT2D eigenvalue weighted by atomic mass is 127. The van der Waals surface area contributed by atoms with Crippen LogP contribution >= 0.6 is 45.2 Å². The minimum absolute atomic E-state index is 0.134. The average Bonchev–Trinajstić information content (AvgIpc) is 3.66. The quantitative estimate of drug-likeness (QED) is 0.142. The van der Waals surface area contributed by atoms with E-state index in [1.165, 1.54) is 10.8 Å². The third-order valence-electron chi connectivity index (χ3n) is 8.23. The third kappa shape index (κ3) is 3.56. The van der Waals surface area contributed by atoms with E-state index in [-0.39, 0.29) is 35.5 Å². The van der Waals surface area contributed by atoms with Crippen LogP contribution in [0.5, 0.6) is 5.75 Å². The van der Waals surface area contributed by atoms with Crippen LogP contribution < -0.4 is 4.74 Å². The van der Waals surface area contributed by atoms with Crippen molar-refractivity contribution in [2.45, 2.75) is 13.0 Å². The lowest BCUT2D eigenvalue weighted by Gasteiger charge is -2.37. The molecular formula is C29H22I2N2O3. The second kappa shape index (κ2) is 8.65. The second-order valence-electron chi connectivity index (χ2n) is 10.1. The zero-order chi connectivity index (χ0) is 24.6. The van der Waals surface area contributed by atoms with Crippen LogP contribution in [0.1, 0.15) is 17.5 Å². The van der Waals surface area contributed by atoms with Crippen molar-refractivity contribution in [1.82, 2.24) is 5.01 Å². The van der Waals surface area contributed by atoms with Gasteiger partial charge in [0.2, 0.25) is 0 Å². The zero-order valence-electron chi connectivity index (χ0n) is 19.2. The lowest BCUT2D eigenvalue weighted by molar-refractivity contribution is -0.140. The Hall–Kier alpha value is -2.27. The monoisotopic (exact) mass is 700 g/mol. The first-order valence-corrected chi connectivity index (χ1v) is 14.4. The Balaban J connectivity index is 1.09. The van der Waals surface area contributed by atoms with E-state index in [0.29, 0.717) is 18.4 Å². The van der Waals surface area contributed by atoms with Crippen LogP contribution in [0.15, 0.2) is 71.9 Å². The zero-order valence-corrected chi connectivity index (χ0v) is 23.5. The molecule has 3 fully saturated rings. The Labute approximate surface area is 236 Å². The van der Waals surface area contributed by atoms with Crippen molar-refractivity contribution in [1.29, 1.82) is 0 Å². The summed E-state index contributed by atoms with van der Waals surface area (Å²) >= 11 is 4.54. The summed E-state index contributed by atoms with van der Waals surface area (Å²) in [6.45, 7) is 0.471. The van der Waals surface area contributed by atoms with Crippen LogP contribution in [0.4, 0.5) is 0 Å². The molecule has 3 aromatic rings. The largest absolute Gasteiger partial charge is 0.487 e. The Morgan fingerprint density at radius 2 is 1.56 bits per heavy atom. The summed E-state index contributed by atoms with van der Waals surface area (Å²) in [6.07, 6.45) is 7.15. The van der Waals surface area contributed by atoms with Gasteiger partial charge in [-0.3, -0.25) is 9.59 Å². The maximum atomic E-state index is 13.2. The molecule has 2 amide bonds. The van der Waals surface area contributed by atoms with Gasteiger partial charge in [-0.25, -0.2) is 0 Å². The van der Waals surface area contributed by atoms with Crippen LogP contribution in [0, 0.1) is 42.6 Å². The molecule has 4 aliphatic carbocycles. The first-order valence-electron chi connectivity index (χ1n) is 12.2. The number of fused-ring (bicyclic) bond motifs is 1. The van der Waals surface area contributed by atoms with Crippen LogP contribution in [0.2, 0.25) is 0 Å². The summed E-state index contributed by atoms with van der Waals surface area (Å²) in [5.74, 6) is 1.71. The molecule has 36 heavy (non-hydrogen) atoms. The number of carbonyl (C=O) groups excluding carboxylic acids is 2. The molecule has 5 nitrogen and oxygen atoms in total. The molecule has 0 spiro atoms. The molecule has 2 bridgehead atoms. The second-order valence-corrected chi connectivity index (χ2v) is 12.5. The van der Waals surface area contributed by atoms with E-state index in [9.17, 15) is 9.59 Å². The van der Waals surface area contributed by atoms with Gasteiger partial charge in [0, 0.05) is 0 Å². The van der Waals surface area contributed by atoms with Gasteiger partial charge in [0.1, 0.15) is 12.4 Å². The van der Waals surface area contributed by atoms with Crippen molar-refractivity contribution in [3.63, 3.8) is 0 Å². The van der Waals surface area contributed by atoms with E-state index >= 15 is 0 Å². The molecule has 5 aliphatic rings. The van der Waals surface area contributed by atoms with Crippen LogP contribution in [0.25, 0.3) is 10.8 Å². The summed E-state index contributed by atoms with van der Waals surface area (Å²) in [6, 6.07) is 18.5. The molecular weight excluding hydrogens is 678 g/mol. The van der Waals surface area contributed by atoms with Crippen molar-refractivity contribution in [2.24, 2.45) is 40.6 Å². The van der Waals surface area contributed by atoms with Gasteiger partial charge in [0.05, 0.1) is 25.2 Å². The summed E-state index contributed by atoms with van der Waals surface area (Å²) in [5, 5.41) is 7.91. The van der Waals surface area contributed by atoms with Crippen molar-refractivity contribution < 1.29 is 14.3 Å². The van der Waals surface area contributed by atoms with E-state index in [1.807, 2.05) is 24.3 Å². The first kappa shape index (κ1) is 22.9. The maximum Gasteiger partial charge on any atom is 0.254 e. The molecule has 8 rings (SSSR count). The van der Waals surface area contributed by atoms with E-state index < -0.39 is 0 Å². The highest BCUT2D eigenvalue weighted by molar-refractivity contribution is 14.1. The Bertz CT molecular complexity index is 1430. The molecule has 180 valence electrons. The van der Waals surface area contributed by atoms with E-state index in [2.05, 4.69) is 92.8 Å². The van der Waals surface area contributed by atoms with Gasteiger partial charge in [-0.1, -0.05) is 54.6 Å². The smallest absolute Gasteiger partial charge is 0.254 e. The van der Waals surface area contributed by atoms with Crippen molar-refractivity contribution in [2.75, 3.05) is 0 Å². The normalized spacial score (nSPS) is 29.8. The number of ether oxygens (including phenoxy) is 1. The number of carbonyl (C=O) groups is 2. The minimum atomic E-state index is -0.224. The predicted octanol–water partition coefficient (Wildman–Crippen LogP) is 6.02. The van der Waals surface area contributed by atoms with Gasteiger partial charge >= 0.3 is 0 Å². The Morgan fingerprint density at radius 3 is 2.25 bits per heavy atom. The Kier molecular flexibility index (Phi) is 5.50. The molecule has 1 saturated heterocycles. The molecule has 0 N–H and O–H groups in total. The molecule has 3 aromatic carbocycles. The van der Waals surface area contributed by atoms with Gasteiger partial charge in [-0.15, -0.1) is 0 Å². The van der Waals surface area contributed by atoms with E-state index in [0.717, 1.165) is 35.4 Å². The lowest BCUT2D eigenvalue weighted by Crippen LogP contribution is -2.40. The third-order valence-corrected chi connectivity index (χ3v) is 9.84. The Morgan fingerprint density at radius 1 is 0.917 bits per heavy atom. The number of rotatable bonds is 5. The maximum absolute atomic E-state index is 13.2. The topological polar surface area (TPSA) is 59.0 Å². The standard InChI is InChI=1S/C29H22I2N2O3/c30-23-10-15(11-24(31)27(23)36-14-17-6-3-5-16-4-1-2-7-18(16)17)13-32-33-28(34)25-19-8-9-20(22-12-21(19)22)26(25)29(33)35/h1-11,13,19-22,25-26H,12,14H2/b32-13+/t19-,20-,21-,22-,25-,26+/m1/s1. The van der Waals surface area contributed by atoms with Gasteiger partial charge < -0.3 is 4.74 Å². The molecule has 6 atom stereocenters. The fourth-order valence-corrected chi connectivity index (χ4v) is 8.67. The van der Waals surface area contributed by atoms with Crippen molar-refractivity contribution in [3.05, 3.63) is 85.0 Å². The SMILES string of the molecule is O=C1[C@@H]2[C@@H]3C=C[C@H]([C@H]4C[C@H]34)[C@@H]2C(=O)N1/N=C/c1cc(I)c(OCc2cccc3ccccc23)c(I)c1. The van der Waals surface area contributed by atoms with Gasteiger partial charge in [0.15, 0.2) is 0 Å². The summed E-state index contributed by atoms with van der Waals surface area (Å²) in [7, 11) is 0. The summed E-state index contributed by atoms with van der Waals surface area (Å²) < 4.78 is 8.16. The molecule has 1 aliphatic heterocycles. The number of allylic oxidation sites excluding steroid dienone is 2. The van der Waals surface area contributed by atoms with E-state index in [1.54, 1.807) is 6.21 Å². The van der Waals surface area contributed by atoms with Gasteiger partial charge in [-0.05, 0) is 109 Å². The van der Waals surface area contributed by atoms with Crippen molar-refractivity contribution >= 4 is 74.0 Å². The fourth-order valence-electron chi connectivity index (χ4n) is 6.54.